The maximum Gasteiger partial charge on any atom is 0.142 e. The van der Waals surface area contributed by atoms with Gasteiger partial charge in [0.2, 0.25) is 0 Å². The standard InChI is InChI=1S/C20H18N4O/c1-2-10-25-16-7-5-14(6-8-16)17-11-19(15-4-3-9-23-13-15)24-20(22)18(17)12-21/h3-9,11,13H,2,10H2,1H3,(H2,22,24). The summed E-state index contributed by atoms with van der Waals surface area (Å²) in [4.78, 5) is 8.46. The lowest BCUT2D eigenvalue weighted by Crippen LogP contribution is -2.00. The highest BCUT2D eigenvalue weighted by atomic mass is 16.5. The molecule has 124 valence electrons. The smallest absolute Gasteiger partial charge is 0.142 e. The molecule has 0 aliphatic rings. The van der Waals surface area contributed by atoms with Crippen LogP contribution in [0.1, 0.15) is 18.9 Å². The number of nitriles is 1. The molecule has 0 aliphatic carbocycles. The molecule has 0 saturated heterocycles. The Hall–Kier alpha value is -3.39. The first kappa shape index (κ1) is 16.5. The SMILES string of the molecule is CCCOc1ccc(-c2cc(-c3cccnc3)nc(N)c2C#N)cc1. The third-order valence-corrected chi connectivity index (χ3v) is 3.75. The minimum Gasteiger partial charge on any atom is -0.494 e. The van der Waals surface area contributed by atoms with Crippen molar-refractivity contribution in [1.29, 1.82) is 5.26 Å². The lowest BCUT2D eigenvalue weighted by atomic mass is 9.99. The molecule has 3 aromatic rings. The van der Waals surface area contributed by atoms with Gasteiger partial charge in [0.1, 0.15) is 23.2 Å². The predicted octanol–water partition coefficient (Wildman–Crippen LogP) is 4.05. The number of nitrogen functional groups attached to an aromatic ring is 1. The quantitative estimate of drug-likeness (QED) is 0.762. The van der Waals surface area contributed by atoms with Crippen LogP contribution in [0, 0.1) is 11.3 Å². The van der Waals surface area contributed by atoms with Crippen molar-refractivity contribution in [2.45, 2.75) is 13.3 Å². The van der Waals surface area contributed by atoms with Crippen molar-refractivity contribution in [3.63, 3.8) is 0 Å². The van der Waals surface area contributed by atoms with E-state index >= 15 is 0 Å². The lowest BCUT2D eigenvalue weighted by molar-refractivity contribution is 0.317. The van der Waals surface area contributed by atoms with Crippen LogP contribution in [0.3, 0.4) is 0 Å². The average molecular weight is 330 g/mol. The topological polar surface area (TPSA) is 84.8 Å². The molecule has 0 spiro atoms. The summed E-state index contributed by atoms with van der Waals surface area (Å²) in [5.74, 6) is 1.02. The predicted molar refractivity (Wildman–Crippen MR) is 97.8 cm³/mol. The number of hydrogen-bond acceptors (Lipinski definition) is 5. The number of hydrogen-bond donors (Lipinski definition) is 1. The van der Waals surface area contributed by atoms with Crippen LogP contribution in [0.4, 0.5) is 5.82 Å². The maximum absolute atomic E-state index is 9.49. The van der Waals surface area contributed by atoms with E-state index in [-0.39, 0.29) is 5.82 Å². The van der Waals surface area contributed by atoms with Crippen LogP contribution in [0.15, 0.2) is 54.9 Å². The van der Waals surface area contributed by atoms with Crippen molar-refractivity contribution in [2.24, 2.45) is 0 Å². The summed E-state index contributed by atoms with van der Waals surface area (Å²) in [5, 5.41) is 9.49. The highest BCUT2D eigenvalue weighted by Crippen LogP contribution is 2.31. The van der Waals surface area contributed by atoms with E-state index in [1.54, 1.807) is 12.4 Å². The zero-order valence-corrected chi connectivity index (χ0v) is 13.9. The number of nitrogens with zero attached hydrogens (tertiary/aromatic N) is 3. The zero-order valence-electron chi connectivity index (χ0n) is 13.9. The van der Waals surface area contributed by atoms with Crippen molar-refractivity contribution in [2.75, 3.05) is 12.3 Å². The van der Waals surface area contributed by atoms with Crippen LogP contribution >= 0.6 is 0 Å². The number of nitrogens with two attached hydrogens (primary N) is 1. The van der Waals surface area contributed by atoms with Gasteiger partial charge in [0.05, 0.1) is 12.3 Å². The molecule has 3 rings (SSSR count). The van der Waals surface area contributed by atoms with Crippen molar-refractivity contribution in [1.82, 2.24) is 9.97 Å². The van der Waals surface area contributed by atoms with Crippen LogP contribution in [-0.2, 0) is 0 Å². The Morgan fingerprint density at radius 1 is 1.16 bits per heavy atom. The summed E-state index contributed by atoms with van der Waals surface area (Å²) in [7, 11) is 0. The van der Waals surface area contributed by atoms with Crippen LogP contribution in [-0.4, -0.2) is 16.6 Å². The first-order valence-electron chi connectivity index (χ1n) is 8.07. The van der Waals surface area contributed by atoms with E-state index in [9.17, 15) is 5.26 Å². The molecule has 5 heteroatoms. The van der Waals surface area contributed by atoms with Crippen LogP contribution in [0.5, 0.6) is 5.75 Å². The Labute approximate surface area is 146 Å². The molecular formula is C20H18N4O. The zero-order chi connectivity index (χ0) is 17.6. The third-order valence-electron chi connectivity index (χ3n) is 3.75. The molecule has 2 aromatic heterocycles. The molecule has 2 heterocycles. The molecule has 2 N–H and O–H groups in total. The summed E-state index contributed by atoms with van der Waals surface area (Å²) in [6, 6.07) is 15.4. The van der Waals surface area contributed by atoms with Gasteiger partial charge in [-0.3, -0.25) is 4.98 Å². The van der Waals surface area contributed by atoms with Gasteiger partial charge in [-0.25, -0.2) is 4.98 Å². The van der Waals surface area contributed by atoms with Gasteiger partial charge < -0.3 is 10.5 Å². The highest BCUT2D eigenvalue weighted by Gasteiger charge is 2.13. The van der Waals surface area contributed by atoms with Crippen LogP contribution < -0.4 is 10.5 Å². The number of anilines is 1. The molecule has 0 amide bonds. The molecule has 0 unspecified atom stereocenters. The summed E-state index contributed by atoms with van der Waals surface area (Å²) in [6.07, 6.45) is 4.38. The van der Waals surface area contributed by atoms with E-state index in [0.717, 1.165) is 28.9 Å². The van der Waals surface area contributed by atoms with Gasteiger partial charge in [0.15, 0.2) is 0 Å². The van der Waals surface area contributed by atoms with E-state index in [0.29, 0.717) is 17.9 Å². The summed E-state index contributed by atoms with van der Waals surface area (Å²) >= 11 is 0. The molecule has 5 nitrogen and oxygen atoms in total. The second-order valence-corrected chi connectivity index (χ2v) is 5.54. The molecule has 0 bridgehead atoms. The Balaban J connectivity index is 2.05. The Bertz CT molecular complexity index is 899. The normalized spacial score (nSPS) is 10.2. The number of benzene rings is 1. The van der Waals surface area contributed by atoms with Crippen LogP contribution in [0.25, 0.3) is 22.4 Å². The van der Waals surface area contributed by atoms with E-state index in [4.69, 9.17) is 10.5 Å². The highest BCUT2D eigenvalue weighted by molar-refractivity contribution is 5.80. The van der Waals surface area contributed by atoms with Crippen molar-refractivity contribution >= 4 is 5.82 Å². The molecule has 1 aromatic carbocycles. The Kier molecular flexibility index (Phi) is 4.91. The summed E-state index contributed by atoms with van der Waals surface area (Å²) < 4.78 is 5.61. The Morgan fingerprint density at radius 3 is 2.60 bits per heavy atom. The number of aromatic nitrogens is 2. The van der Waals surface area contributed by atoms with Gasteiger partial charge in [-0.1, -0.05) is 19.1 Å². The lowest BCUT2D eigenvalue weighted by Gasteiger charge is -2.11. The first-order chi connectivity index (χ1) is 12.2. The van der Waals surface area contributed by atoms with Gasteiger partial charge in [0, 0.05) is 23.5 Å². The molecule has 0 radical (unpaired) electrons. The fourth-order valence-electron chi connectivity index (χ4n) is 2.52. The fourth-order valence-corrected chi connectivity index (χ4v) is 2.52. The van der Waals surface area contributed by atoms with Gasteiger partial charge >= 0.3 is 0 Å². The first-order valence-corrected chi connectivity index (χ1v) is 8.07. The van der Waals surface area contributed by atoms with Crippen molar-refractivity contribution in [3.05, 3.63) is 60.4 Å². The van der Waals surface area contributed by atoms with Crippen LogP contribution in [0.2, 0.25) is 0 Å². The molecular weight excluding hydrogens is 312 g/mol. The van der Waals surface area contributed by atoms with E-state index < -0.39 is 0 Å². The molecule has 25 heavy (non-hydrogen) atoms. The second kappa shape index (κ2) is 7.45. The molecule has 0 fully saturated rings. The largest absolute Gasteiger partial charge is 0.494 e. The monoisotopic (exact) mass is 330 g/mol. The second-order valence-electron chi connectivity index (χ2n) is 5.54. The number of pyridine rings is 2. The summed E-state index contributed by atoms with van der Waals surface area (Å²) in [5.41, 5.74) is 9.57. The summed E-state index contributed by atoms with van der Waals surface area (Å²) in [6.45, 7) is 2.74. The van der Waals surface area contributed by atoms with Gasteiger partial charge in [-0.05, 0) is 42.3 Å². The van der Waals surface area contributed by atoms with Gasteiger partial charge in [-0.2, -0.15) is 5.26 Å². The van der Waals surface area contributed by atoms with Crippen molar-refractivity contribution < 1.29 is 4.74 Å². The van der Waals surface area contributed by atoms with E-state index in [2.05, 4.69) is 23.0 Å². The molecule has 0 atom stereocenters. The van der Waals surface area contributed by atoms with Gasteiger partial charge in [0.25, 0.3) is 0 Å². The molecule has 0 saturated carbocycles. The van der Waals surface area contributed by atoms with E-state index in [1.807, 2.05) is 42.5 Å². The fraction of sp³-hybridized carbons (Fsp3) is 0.150. The Morgan fingerprint density at radius 2 is 1.96 bits per heavy atom. The average Bonchev–Trinajstić information content (AvgIpc) is 2.67. The minimum atomic E-state index is 0.213. The van der Waals surface area contributed by atoms with E-state index in [1.165, 1.54) is 0 Å². The maximum atomic E-state index is 9.49. The minimum absolute atomic E-state index is 0.213. The van der Waals surface area contributed by atoms with Crippen molar-refractivity contribution in [3.8, 4) is 34.2 Å². The van der Waals surface area contributed by atoms with Gasteiger partial charge in [-0.15, -0.1) is 0 Å². The number of rotatable bonds is 5. The number of ether oxygens (including phenoxy) is 1. The molecule has 0 aliphatic heterocycles. The third kappa shape index (κ3) is 3.59.